The van der Waals surface area contributed by atoms with Crippen molar-refractivity contribution in [2.75, 3.05) is 0 Å². The lowest BCUT2D eigenvalue weighted by atomic mass is 9.87. The first-order valence-corrected chi connectivity index (χ1v) is 6.30. The molecule has 7 nitrogen and oxygen atoms in total. The van der Waals surface area contributed by atoms with Gasteiger partial charge in [-0.15, -0.1) is 0 Å². The molecule has 4 aliphatic rings. The summed E-state index contributed by atoms with van der Waals surface area (Å²) in [5, 5.41) is 0. The van der Waals surface area contributed by atoms with Gasteiger partial charge in [0.15, 0.2) is 30.1 Å². The van der Waals surface area contributed by atoms with Crippen LogP contribution in [0.15, 0.2) is 0 Å². The van der Waals surface area contributed by atoms with Crippen LogP contribution in [0.1, 0.15) is 20.3 Å². The SMILES string of the molecule is CC1(C)O[C@H]2O[C@@H]3C(C=O)O[C@H]4CC(=O)O[C@]43[C@H]2O1. The number of ether oxygens (including phenoxy) is 5. The summed E-state index contributed by atoms with van der Waals surface area (Å²) in [6, 6.07) is 0. The zero-order chi connectivity index (χ0) is 13.4. The maximum atomic E-state index is 11.6. The van der Waals surface area contributed by atoms with Crippen molar-refractivity contribution in [2.45, 2.75) is 62.4 Å². The third-order valence-electron chi connectivity index (χ3n) is 4.13. The quantitative estimate of drug-likeness (QED) is 0.470. The highest BCUT2D eigenvalue weighted by molar-refractivity contribution is 5.75. The van der Waals surface area contributed by atoms with Gasteiger partial charge in [-0.3, -0.25) is 4.79 Å². The van der Waals surface area contributed by atoms with Crippen LogP contribution >= 0.6 is 0 Å². The molecular weight excluding hydrogens is 256 g/mol. The van der Waals surface area contributed by atoms with Gasteiger partial charge in [-0.1, -0.05) is 0 Å². The van der Waals surface area contributed by atoms with E-state index in [1.165, 1.54) is 0 Å². The molecule has 0 aromatic rings. The smallest absolute Gasteiger partial charge is 0.309 e. The lowest BCUT2D eigenvalue weighted by Crippen LogP contribution is -2.53. The lowest BCUT2D eigenvalue weighted by molar-refractivity contribution is -0.227. The number of carbonyl (C=O) groups excluding carboxylic acids is 2. The minimum atomic E-state index is -1.05. The molecule has 4 heterocycles. The van der Waals surface area contributed by atoms with Crippen LogP contribution < -0.4 is 0 Å². The monoisotopic (exact) mass is 270 g/mol. The molecule has 0 aromatic carbocycles. The summed E-state index contributed by atoms with van der Waals surface area (Å²) in [6.45, 7) is 3.53. The third kappa shape index (κ3) is 1.31. The highest BCUT2D eigenvalue weighted by Crippen LogP contribution is 2.55. The van der Waals surface area contributed by atoms with Crippen LogP contribution in [0.3, 0.4) is 0 Å². The third-order valence-corrected chi connectivity index (χ3v) is 4.13. The van der Waals surface area contributed by atoms with Gasteiger partial charge in [0.05, 0.1) is 6.42 Å². The Hall–Kier alpha value is -1.02. The predicted molar refractivity (Wildman–Crippen MR) is 56.9 cm³/mol. The van der Waals surface area contributed by atoms with Gasteiger partial charge < -0.3 is 28.5 Å². The fourth-order valence-corrected chi connectivity index (χ4v) is 3.50. The Kier molecular flexibility index (Phi) is 2.08. The number of carbonyl (C=O) groups is 2. The fraction of sp³-hybridized carbons (Fsp3) is 0.833. The van der Waals surface area contributed by atoms with E-state index >= 15 is 0 Å². The van der Waals surface area contributed by atoms with Gasteiger partial charge in [0.1, 0.15) is 18.3 Å². The second-order valence-electron chi connectivity index (χ2n) is 5.74. The summed E-state index contributed by atoms with van der Waals surface area (Å²) in [5.74, 6) is -1.18. The summed E-state index contributed by atoms with van der Waals surface area (Å²) in [4.78, 5) is 22.7. The van der Waals surface area contributed by atoms with Crippen LogP contribution in [0, 0.1) is 0 Å². The molecule has 4 fully saturated rings. The molecule has 1 unspecified atom stereocenters. The van der Waals surface area contributed by atoms with E-state index in [1.807, 2.05) is 0 Å². The number of fused-ring (bicyclic) bond motifs is 1. The zero-order valence-corrected chi connectivity index (χ0v) is 10.5. The molecule has 6 atom stereocenters. The van der Waals surface area contributed by atoms with E-state index in [9.17, 15) is 9.59 Å². The molecule has 0 N–H and O–H groups in total. The summed E-state index contributed by atoms with van der Waals surface area (Å²) in [7, 11) is 0. The van der Waals surface area contributed by atoms with Gasteiger partial charge in [-0.25, -0.2) is 0 Å². The van der Waals surface area contributed by atoms with E-state index in [0.29, 0.717) is 6.29 Å². The van der Waals surface area contributed by atoms with Crippen molar-refractivity contribution in [1.82, 2.24) is 0 Å². The first-order chi connectivity index (χ1) is 8.96. The lowest BCUT2D eigenvalue weighted by Gasteiger charge is -2.30. The van der Waals surface area contributed by atoms with Gasteiger partial charge in [-0.2, -0.15) is 0 Å². The summed E-state index contributed by atoms with van der Waals surface area (Å²) in [5.41, 5.74) is -1.05. The first kappa shape index (κ1) is 11.8. The Morgan fingerprint density at radius 1 is 1.21 bits per heavy atom. The molecule has 0 saturated carbocycles. The molecule has 0 aliphatic carbocycles. The second-order valence-corrected chi connectivity index (χ2v) is 5.74. The molecule has 0 aromatic heterocycles. The zero-order valence-electron chi connectivity index (χ0n) is 10.5. The summed E-state index contributed by atoms with van der Waals surface area (Å²) >= 11 is 0. The standard InChI is InChI=1S/C12H14O7/c1-11(2)18-9-10(19-11)16-8-5(4-13)15-6-3-7(14)17-12(6,8)9/h4-6,8-10H,3H2,1-2H3/t5?,6-,8+,9-,10+,12+/m0/s1. The van der Waals surface area contributed by atoms with Crippen molar-refractivity contribution in [2.24, 2.45) is 0 Å². The maximum absolute atomic E-state index is 11.6. The van der Waals surface area contributed by atoms with Crippen LogP contribution in [0.25, 0.3) is 0 Å². The minimum Gasteiger partial charge on any atom is -0.450 e. The number of hydrogen-bond donors (Lipinski definition) is 0. The fourth-order valence-electron chi connectivity index (χ4n) is 3.50. The number of rotatable bonds is 1. The van der Waals surface area contributed by atoms with Crippen LogP contribution in [-0.2, 0) is 33.3 Å². The average Bonchev–Trinajstić information content (AvgIpc) is 2.94. The molecule has 7 heteroatoms. The molecule has 4 aliphatic heterocycles. The predicted octanol–water partition coefficient (Wildman–Crippen LogP) is -0.485. The van der Waals surface area contributed by atoms with E-state index in [0.717, 1.165) is 0 Å². The largest absolute Gasteiger partial charge is 0.450 e. The molecular formula is C12H14O7. The van der Waals surface area contributed by atoms with Crippen molar-refractivity contribution < 1.29 is 33.3 Å². The molecule has 0 amide bonds. The van der Waals surface area contributed by atoms with Crippen molar-refractivity contribution in [3.8, 4) is 0 Å². The molecule has 0 bridgehead atoms. The molecule has 4 saturated heterocycles. The minimum absolute atomic E-state index is 0.108. The highest BCUT2D eigenvalue weighted by atomic mass is 16.9. The molecule has 4 rings (SSSR count). The van der Waals surface area contributed by atoms with Crippen LogP contribution in [0.2, 0.25) is 0 Å². The topological polar surface area (TPSA) is 80.3 Å². The number of esters is 1. The van der Waals surface area contributed by atoms with Crippen LogP contribution in [0.5, 0.6) is 0 Å². The van der Waals surface area contributed by atoms with Gasteiger partial charge in [-0.05, 0) is 13.8 Å². The van der Waals surface area contributed by atoms with Crippen molar-refractivity contribution in [3.63, 3.8) is 0 Å². The second kappa shape index (κ2) is 3.35. The summed E-state index contributed by atoms with van der Waals surface area (Å²) in [6.07, 6.45) is -2.35. The molecule has 19 heavy (non-hydrogen) atoms. The molecule has 1 spiro atoms. The maximum Gasteiger partial charge on any atom is 0.309 e. The number of aldehydes is 1. The number of hydrogen-bond acceptors (Lipinski definition) is 7. The van der Waals surface area contributed by atoms with Crippen LogP contribution in [-0.4, -0.2) is 54.3 Å². The van der Waals surface area contributed by atoms with E-state index < -0.39 is 42.1 Å². The van der Waals surface area contributed by atoms with Crippen molar-refractivity contribution in [3.05, 3.63) is 0 Å². The first-order valence-electron chi connectivity index (χ1n) is 6.30. The average molecular weight is 270 g/mol. The molecule has 0 radical (unpaired) electrons. The van der Waals surface area contributed by atoms with Gasteiger partial charge in [0.2, 0.25) is 0 Å². The van der Waals surface area contributed by atoms with E-state index in [2.05, 4.69) is 0 Å². The van der Waals surface area contributed by atoms with Gasteiger partial charge in [0, 0.05) is 0 Å². The Balaban J connectivity index is 1.76. The van der Waals surface area contributed by atoms with E-state index in [4.69, 9.17) is 23.7 Å². The Morgan fingerprint density at radius 3 is 2.74 bits per heavy atom. The Bertz CT molecular complexity index is 461. The van der Waals surface area contributed by atoms with E-state index in [1.54, 1.807) is 13.8 Å². The van der Waals surface area contributed by atoms with Crippen molar-refractivity contribution >= 4 is 12.3 Å². The van der Waals surface area contributed by atoms with Gasteiger partial charge in [0.25, 0.3) is 0 Å². The Labute approximate surface area is 109 Å². The highest BCUT2D eigenvalue weighted by Gasteiger charge is 2.77. The summed E-state index contributed by atoms with van der Waals surface area (Å²) < 4.78 is 28.2. The van der Waals surface area contributed by atoms with Crippen LogP contribution in [0.4, 0.5) is 0 Å². The van der Waals surface area contributed by atoms with E-state index in [-0.39, 0.29) is 12.4 Å². The molecule has 104 valence electrons. The normalized spacial score (nSPS) is 53.6. The van der Waals surface area contributed by atoms with Crippen molar-refractivity contribution in [1.29, 1.82) is 0 Å². The van der Waals surface area contributed by atoms with Gasteiger partial charge >= 0.3 is 5.97 Å². The Morgan fingerprint density at radius 2 is 2.00 bits per heavy atom.